The largest absolute Gasteiger partial charge is 0.461 e. The molecule has 2 aromatic rings. The third-order valence-corrected chi connectivity index (χ3v) is 7.38. The molecule has 1 heterocycles. The molecule has 5 nitrogen and oxygen atoms in total. The fourth-order valence-corrected chi connectivity index (χ4v) is 5.41. The second-order valence-electron chi connectivity index (χ2n) is 10.7. The summed E-state index contributed by atoms with van der Waals surface area (Å²) in [6.07, 6.45) is 4.37. The van der Waals surface area contributed by atoms with E-state index in [4.69, 9.17) is 4.74 Å². The van der Waals surface area contributed by atoms with Crippen molar-refractivity contribution in [3.63, 3.8) is 0 Å². The summed E-state index contributed by atoms with van der Waals surface area (Å²) < 4.78 is 5.94. The third-order valence-electron chi connectivity index (χ3n) is 7.38. The zero-order valence-corrected chi connectivity index (χ0v) is 20.5. The van der Waals surface area contributed by atoms with Gasteiger partial charge in [-0.2, -0.15) is 0 Å². The highest BCUT2D eigenvalue weighted by molar-refractivity contribution is 6.38. The van der Waals surface area contributed by atoms with Crippen LogP contribution in [0.2, 0.25) is 0 Å². The number of carbonyl (C=O) groups is 3. The number of carbonyl (C=O) groups excluding carboxylic acids is 3. The van der Waals surface area contributed by atoms with Gasteiger partial charge in [0.1, 0.15) is 12.1 Å². The SMILES string of the molecule is CC(C)(C)C(=O)C(=O)N1CCCC1C(=O)OC1CCC(c2ccccc2)(c2ccccc2)CC1. The Balaban J connectivity index is 1.44. The fraction of sp³-hybridized carbons (Fsp3) is 0.483. The molecule has 1 saturated heterocycles. The van der Waals surface area contributed by atoms with Gasteiger partial charge in [0.2, 0.25) is 5.78 Å². The van der Waals surface area contributed by atoms with E-state index in [1.165, 1.54) is 16.0 Å². The van der Waals surface area contributed by atoms with E-state index in [9.17, 15) is 14.4 Å². The lowest BCUT2D eigenvalue weighted by Gasteiger charge is -2.41. The lowest BCUT2D eigenvalue weighted by Crippen LogP contribution is -2.48. The molecule has 0 aromatic heterocycles. The Morgan fingerprint density at radius 2 is 1.38 bits per heavy atom. The summed E-state index contributed by atoms with van der Waals surface area (Å²) in [5, 5.41) is 0. The molecule has 0 bridgehead atoms. The minimum Gasteiger partial charge on any atom is -0.461 e. The van der Waals surface area contributed by atoms with Crippen molar-refractivity contribution in [3.8, 4) is 0 Å². The number of nitrogens with zero attached hydrogens (tertiary/aromatic N) is 1. The zero-order chi connectivity index (χ0) is 24.3. The molecule has 2 aliphatic rings. The maximum atomic E-state index is 13.1. The van der Waals surface area contributed by atoms with E-state index in [-0.39, 0.29) is 17.5 Å². The highest BCUT2D eigenvalue weighted by atomic mass is 16.5. The number of esters is 1. The van der Waals surface area contributed by atoms with Crippen molar-refractivity contribution < 1.29 is 19.1 Å². The average Bonchev–Trinajstić information content (AvgIpc) is 3.34. The summed E-state index contributed by atoms with van der Waals surface area (Å²) in [5.74, 6) is -1.40. The lowest BCUT2D eigenvalue weighted by atomic mass is 9.65. The molecule has 0 spiro atoms. The second kappa shape index (κ2) is 9.73. The van der Waals surface area contributed by atoms with E-state index in [0.29, 0.717) is 19.4 Å². The number of ether oxygens (including phenoxy) is 1. The molecule has 1 unspecified atom stereocenters. The second-order valence-corrected chi connectivity index (χ2v) is 10.7. The monoisotopic (exact) mass is 461 g/mol. The zero-order valence-electron chi connectivity index (χ0n) is 20.5. The van der Waals surface area contributed by atoms with Gasteiger partial charge < -0.3 is 9.64 Å². The molecule has 34 heavy (non-hydrogen) atoms. The first-order valence-electron chi connectivity index (χ1n) is 12.4. The van der Waals surface area contributed by atoms with E-state index in [1.54, 1.807) is 20.8 Å². The Bertz CT molecular complexity index is 976. The van der Waals surface area contributed by atoms with Gasteiger partial charge in [-0.1, -0.05) is 81.4 Å². The molecule has 4 rings (SSSR count). The number of benzene rings is 2. The van der Waals surface area contributed by atoms with Gasteiger partial charge >= 0.3 is 5.97 Å². The Kier molecular flexibility index (Phi) is 6.92. The highest BCUT2D eigenvalue weighted by Gasteiger charge is 2.43. The van der Waals surface area contributed by atoms with Crippen LogP contribution >= 0.6 is 0 Å². The molecular weight excluding hydrogens is 426 g/mol. The minimum atomic E-state index is -0.768. The van der Waals surface area contributed by atoms with Crippen LogP contribution in [-0.4, -0.2) is 41.3 Å². The van der Waals surface area contributed by atoms with Crippen LogP contribution in [0, 0.1) is 5.41 Å². The van der Waals surface area contributed by atoms with Crippen LogP contribution < -0.4 is 0 Å². The highest BCUT2D eigenvalue weighted by Crippen LogP contribution is 2.45. The third kappa shape index (κ3) is 4.79. The maximum Gasteiger partial charge on any atom is 0.329 e. The number of likely N-dealkylation sites (tertiary alicyclic amines) is 1. The van der Waals surface area contributed by atoms with Crippen molar-refractivity contribution in [2.45, 2.75) is 76.9 Å². The molecule has 1 atom stereocenters. The van der Waals surface area contributed by atoms with Crippen LogP contribution in [0.15, 0.2) is 60.7 Å². The first-order chi connectivity index (χ1) is 16.2. The van der Waals surface area contributed by atoms with Crippen molar-refractivity contribution >= 4 is 17.7 Å². The molecule has 2 fully saturated rings. The minimum absolute atomic E-state index is 0.0973. The van der Waals surface area contributed by atoms with Crippen molar-refractivity contribution in [1.29, 1.82) is 0 Å². The number of amides is 1. The molecule has 1 saturated carbocycles. The van der Waals surface area contributed by atoms with Gasteiger partial charge in [-0.25, -0.2) is 4.79 Å². The van der Waals surface area contributed by atoms with Crippen LogP contribution in [0.4, 0.5) is 0 Å². The van der Waals surface area contributed by atoms with Gasteiger partial charge in [-0.05, 0) is 49.7 Å². The molecule has 1 aliphatic heterocycles. The van der Waals surface area contributed by atoms with Gasteiger partial charge in [-0.3, -0.25) is 9.59 Å². The molecule has 180 valence electrons. The molecule has 5 heteroatoms. The summed E-state index contributed by atoms with van der Waals surface area (Å²) in [7, 11) is 0. The van der Waals surface area contributed by atoms with Gasteiger partial charge in [0.15, 0.2) is 0 Å². The van der Waals surface area contributed by atoms with E-state index >= 15 is 0 Å². The Hall–Kier alpha value is -2.95. The lowest BCUT2D eigenvalue weighted by molar-refractivity contribution is -0.161. The van der Waals surface area contributed by atoms with Gasteiger partial charge in [-0.15, -0.1) is 0 Å². The predicted octanol–water partition coefficient (Wildman–Crippen LogP) is 5.06. The summed E-state index contributed by atoms with van der Waals surface area (Å²) in [4.78, 5) is 39.8. The fourth-order valence-electron chi connectivity index (χ4n) is 5.41. The normalized spacial score (nSPS) is 20.7. The predicted molar refractivity (Wildman–Crippen MR) is 131 cm³/mol. The van der Waals surface area contributed by atoms with E-state index in [2.05, 4.69) is 48.5 Å². The number of hydrogen-bond donors (Lipinski definition) is 0. The average molecular weight is 462 g/mol. The molecule has 0 N–H and O–H groups in total. The van der Waals surface area contributed by atoms with Crippen LogP contribution in [0.1, 0.15) is 70.4 Å². The van der Waals surface area contributed by atoms with Gasteiger partial charge in [0.25, 0.3) is 5.91 Å². The van der Waals surface area contributed by atoms with Gasteiger partial charge in [0.05, 0.1) is 0 Å². The van der Waals surface area contributed by atoms with Crippen LogP contribution in [0.3, 0.4) is 0 Å². The summed E-state index contributed by atoms with van der Waals surface area (Å²) in [6.45, 7) is 5.61. The maximum absolute atomic E-state index is 13.1. The number of hydrogen-bond acceptors (Lipinski definition) is 4. The molecule has 1 aliphatic carbocycles. The Morgan fingerprint density at radius 3 is 1.88 bits per heavy atom. The number of ketones is 1. The van der Waals surface area contributed by atoms with Crippen molar-refractivity contribution in [3.05, 3.63) is 71.8 Å². The summed E-state index contributed by atoms with van der Waals surface area (Å²) in [6, 6.07) is 20.5. The van der Waals surface area contributed by atoms with Gasteiger partial charge in [0, 0.05) is 17.4 Å². The Labute approximate surface area is 202 Å². The van der Waals surface area contributed by atoms with E-state index in [1.807, 2.05) is 12.1 Å². The molecule has 2 aromatic carbocycles. The Morgan fingerprint density at radius 1 is 0.853 bits per heavy atom. The van der Waals surface area contributed by atoms with Crippen molar-refractivity contribution in [2.75, 3.05) is 6.54 Å². The van der Waals surface area contributed by atoms with Crippen molar-refractivity contribution in [1.82, 2.24) is 4.90 Å². The van der Waals surface area contributed by atoms with E-state index < -0.39 is 23.1 Å². The summed E-state index contributed by atoms with van der Waals surface area (Å²) >= 11 is 0. The standard InChI is InChI=1S/C29H35NO4/c1-28(2,3)25(31)26(32)30-20-10-15-24(30)27(33)34-23-16-18-29(19-17-23,21-11-6-4-7-12-21)22-13-8-5-9-14-22/h4-9,11-14,23-24H,10,15-20H2,1-3H3. The quantitative estimate of drug-likeness (QED) is 0.461. The number of Topliss-reactive ketones (excluding diaryl/α,β-unsaturated/α-hetero) is 1. The molecular formula is C29H35NO4. The van der Waals surface area contributed by atoms with Crippen LogP contribution in [0.25, 0.3) is 0 Å². The smallest absolute Gasteiger partial charge is 0.329 e. The first kappa shape index (κ1) is 24.2. The topological polar surface area (TPSA) is 63.7 Å². The van der Waals surface area contributed by atoms with Crippen LogP contribution in [0.5, 0.6) is 0 Å². The van der Waals surface area contributed by atoms with E-state index in [0.717, 1.165) is 25.7 Å². The van der Waals surface area contributed by atoms with Crippen LogP contribution in [-0.2, 0) is 24.5 Å². The number of rotatable bonds is 5. The summed E-state index contributed by atoms with van der Waals surface area (Å²) in [5.41, 5.74) is 1.72. The first-order valence-corrected chi connectivity index (χ1v) is 12.4. The molecule has 0 radical (unpaired) electrons. The molecule has 1 amide bonds. The van der Waals surface area contributed by atoms with Crippen molar-refractivity contribution in [2.24, 2.45) is 5.41 Å².